The maximum atomic E-state index is 12.0. The van der Waals surface area contributed by atoms with Gasteiger partial charge in [0.15, 0.2) is 0 Å². The van der Waals surface area contributed by atoms with E-state index in [1.807, 2.05) is 49.4 Å². The van der Waals surface area contributed by atoms with E-state index in [2.05, 4.69) is 21.3 Å². The number of anilines is 2. The molecule has 0 fully saturated rings. The van der Waals surface area contributed by atoms with E-state index < -0.39 is 0 Å². The summed E-state index contributed by atoms with van der Waals surface area (Å²) in [6.45, 7) is 3.35. The molecule has 3 amide bonds. The number of carbonyl (C=O) groups excluding carboxylic acids is 2. The van der Waals surface area contributed by atoms with Crippen molar-refractivity contribution in [2.24, 2.45) is 0 Å². The van der Waals surface area contributed by atoms with Gasteiger partial charge >= 0.3 is 6.03 Å². The highest BCUT2D eigenvalue weighted by Crippen LogP contribution is 2.16. The minimum Gasteiger partial charge on any atom is -0.383 e. The smallest absolute Gasteiger partial charge is 0.323 e. The van der Waals surface area contributed by atoms with E-state index in [1.54, 1.807) is 19.2 Å². The van der Waals surface area contributed by atoms with Crippen molar-refractivity contribution in [2.45, 2.75) is 13.0 Å². The average molecular weight is 407 g/mol. The zero-order valence-electron chi connectivity index (χ0n) is 16.0. The quantitative estimate of drug-likeness (QED) is 0.481. The number of hydrogen-bond donors (Lipinski definition) is 4. The van der Waals surface area contributed by atoms with Crippen LogP contribution in [-0.4, -0.2) is 38.7 Å². The number of rotatable bonds is 9. The van der Waals surface area contributed by atoms with Gasteiger partial charge in [-0.2, -0.15) is 0 Å². The molecule has 2 aromatic carbocycles. The van der Waals surface area contributed by atoms with Crippen LogP contribution in [0.1, 0.15) is 18.5 Å². The van der Waals surface area contributed by atoms with Crippen LogP contribution in [0.4, 0.5) is 16.2 Å². The van der Waals surface area contributed by atoms with Crippen LogP contribution in [0.3, 0.4) is 0 Å². The zero-order chi connectivity index (χ0) is 19.5. The molecule has 0 aliphatic heterocycles. The van der Waals surface area contributed by atoms with Crippen LogP contribution in [-0.2, 0) is 9.53 Å². The Morgan fingerprint density at radius 3 is 2.18 bits per heavy atom. The van der Waals surface area contributed by atoms with Crippen LogP contribution >= 0.6 is 12.4 Å². The summed E-state index contributed by atoms with van der Waals surface area (Å²) < 4.78 is 4.92. The van der Waals surface area contributed by atoms with Crippen molar-refractivity contribution in [1.82, 2.24) is 10.6 Å². The van der Waals surface area contributed by atoms with Crippen molar-refractivity contribution in [1.29, 1.82) is 0 Å². The number of methoxy groups -OCH3 is 1. The van der Waals surface area contributed by atoms with Crippen molar-refractivity contribution in [3.05, 3.63) is 60.2 Å². The number of para-hydroxylation sites is 1. The number of carbonyl (C=O) groups is 2. The zero-order valence-corrected chi connectivity index (χ0v) is 16.8. The number of amides is 3. The third-order valence-electron chi connectivity index (χ3n) is 3.85. The molecule has 152 valence electrons. The molecular weight excluding hydrogens is 380 g/mol. The Hall–Kier alpha value is -2.61. The standard InChI is InChI=1S/C20H26N4O3.ClH/c1-15(22-19(25)14-21-12-13-27-2)16-8-10-18(11-9-16)24-20(26)23-17-6-4-3-5-7-17;/h3-11,15,21H,12-14H2,1-2H3,(H,22,25)(H2,23,24,26);1H. The first-order valence-corrected chi connectivity index (χ1v) is 8.80. The van der Waals surface area contributed by atoms with E-state index in [9.17, 15) is 9.59 Å². The van der Waals surface area contributed by atoms with Crippen molar-refractivity contribution in [2.75, 3.05) is 37.4 Å². The molecule has 0 heterocycles. The number of hydrogen-bond acceptors (Lipinski definition) is 4. The number of nitrogens with one attached hydrogen (secondary N) is 4. The monoisotopic (exact) mass is 406 g/mol. The molecule has 0 aliphatic carbocycles. The molecule has 1 unspecified atom stereocenters. The predicted octanol–water partition coefficient (Wildman–Crippen LogP) is 3.17. The second-order valence-electron chi connectivity index (χ2n) is 6.03. The van der Waals surface area contributed by atoms with Gasteiger partial charge in [-0.3, -0.25) is 4.79 Å². The van der Waals surface area contributed by atoms with Gasteiger partial charge in [0.25, 0.3) is 0 Å². The second kappa shape index (κ2) is 12.7. The first-order chi connectivity index (χ1) is 13.1. The average Bonchev–Trinajstić information content (AvgIpc) is 2.66. The van der Waals surface area contributed by atoms with Crippen LogP contribution in [0, 0.1) is 0 Å². The maximum Gasteiger partial charge on any atom is 0.323 e. The maximum absolute atomic E-state index is 12.0. The van der Waals surface area contributed by atoms with E-state index in [1.165, 1.54) is 0 Å². The summed E-state index contributed by atoms with van der Waals surface area (Å²) in [5.41, 5.74) is 2.35. The minimum atomic E-state index is -0.308. The van der Waals surface area contributed by atoms with Crippen LogP contribution in [0.25, 0.3) is 0 Å². The van der Waals surface area contributed by atoms with E-state index in [4.69, 9.17) is 4.74 Å². The summed E-state index contributed by atoms with van der Waals surface area (Å²) in [5, 5.41) is 11.5. The molecule has 1 atom stereocenters. The van der Waals surface area contributed by atoms with Crippen molar-refractivity contribution >= 4 is 35.7 Å². The summed E-state index contributed by atoms with van der Waals surface area (Å²) in [7, 11) is 1.62. The summed E-state index contributed by atoms with van der Waals surface area (Å²) in [6.07, 6.45) is 0. The Kier molecular flexibility index (Phi) is 10.6. The molecule has 8 heteroatoms. The van der Waals surface area contributed by atoms with E-state index in [0.29, 0.717) is 18.8 Å². The molecule has 0 aromatic heterocycles. The van der Waals surface area contributed by atoms with Gasteiger partial charge in [0.05, 0.1) is 19.2 Å². The van der Waals surface area contributed by atoms with E-state index in [-0.39, 0.29) is 36.9 Å². The second-order valence-corrected chi connectivity index (χ2v) is 6.03. The van der Waals surface area contributed by atoms with Crippen molar-refractivity contribution in [3.8, 4) is 0 Å². The Morgan fingerprint density at radius 1 is 0.964 bits per heavy atom. The van der Waals surface area contributed by atoms with Crippen molar-refractivity contribution < 1.29 is 14.3 Å². The molecule has 0 aliphatic rings. The molecule has 28 heavy (non-hydrogen) atoms. The molecule has 0 radical (unpaired) electrons. The Bertz CT molecular complexity index is 726. The molecule has 2 rings (SSSR count). The number of ether oxygens (including phenoxy) is 1. The normalized spacial score (nSPS) is 11.1. The van der Waals surface area contributed by atoms with Gasteiger partial charge in [-0.05, 0) is 36.8 Å². The summed E-state index contributed by atoms with van der Waals surface area (Å²) in [6, 6.07) is 16.2. The molecule has 0 saturated carbocycles. The van der Waals surface area contributed by atoms with Gasteiger partial charge in [-0.1, -0.05) is 30.3 Å². The van der Waals surface area contributed by atoms with Crippen LogP contribution in [0.5, 0.6) is 0 Å². The highest BCUT2D eigenvalue weighted by molar-refractivity contribution is 5.99. The minimum absolute atomic E-state index is 0. The van der Waals surface area contributed by atoms with E-state index >= 15 is 0 Å². The molecular formula is C20H27ClN4O3. The molecule has 7 nitrogen and oxygen atoms in total. The number of benzene rings is 2. The molecule has 0 bridgehead atoms. The third-order valence-corrected chi connectivity index (χ3v) is 3.85. The topological polar surface area (TPSA) is 91.5 Å². The van der Waals surface area contributed by atoms with Crippen molar-refractivity contribution in [3.63, 3.8) is 0 Å². The van der Waals surface area contributed by atoms with Crippen LogP contribution in [0.2, 0.25) is 0 Å². The van der Waals surface area contributed by atoms with Gasteiger partial charge in [0.1, 0.15) is 0 Å². The first-order valence-electron chi connectivity index (χ1n) is 8.80. The van der Waals surface area contributed by atoms with Gasteiger partial charge in [0, 0.05) is 25.0 Å². The highest BCUT2D eigenvalue weighted by atomic mass is 35.5. The third kappa shape index (κ3) is 8.39. The fourth-order valence-electron chi connectivity index (χ4n) is 2.42. The fraction of sp³-hybridized carbons (Fsp3) is 0.300. The van der Waals surface area contributed by atoms with Gasteiger partial charge in [0.2, 0.25) is 5.91 Å². The Labute approximate surface area is 171 Å². The lowest BCUT2D eigenvalue weighted by molar-refractivity contribution is -0.120. The van der Waals surface area contributed by atoms with Gasteiger partial charge in [-0.15, -0.1) is 12.4 Å². The molecule has 2 aromatic rings. The lowest BCUT2D eigenvalue weighted by atomic mass is 10.1. The SMILES string of the molecule is COCCNCC(=O)NC(C)c1ccc(NC(=O)Nc2ccccc2)cc1.Cl. The van der Waals surface area contributed by atoms with Gasteiger partial charge in [-0.25, -0.2) is 4.79 Å². The van der Waals surface area contributed by atoms with Crippen LogP contribution < -0.4 is 21.3 Å². The number of halogens is 1. The number of urea groups is 1. The van der Waals surface area contributed by atoms with Crippen LogP contribution in [0.15, 0.2) is 54.6 Å². The summed E-state index contributed by atoms with van der Waals surface area (Å²) in [5.74, 6) is -0.0805. The highest BCUT2D eigenvalue weighted by Gasteiger charge is 2.10. The summed E-state index contributed by atoms with van der Waals surface area (Å²) in [4.78, 5) is 23.9. The lowest BCUT2D eigenvalue weighted by Gasteiger charge is -2.15. The molecule has 0 saturated heterocycles. The lowest BCUT2D eigenvalue weighted by Crippen LogP contribution is -2.36. The first kappa shape index (κ1) is 23.4. The van der Waals surface area contributed by atoms with E-state index in [0.717, 1.165) is 11.3 Å². The van der Waals surface area contributed by atoms with Gasteiger partial charge < -0.3 is 26.0 Å². The predicted molar refractivity (Wildman–Crippen MR) is 114 cm³/mol. The fourth-order valence-corrected chi connectivity index (χ4v) is 2.42. The molecule has 4 N–H and O–H groups in total. The Balaban J connectivity index is 0.00000392. The molecule has 0 spiro atoms. The Morgan fingerprint density at radius 2 is 1.57 bits per heavy atom. The summed E-state index contributed by atoms with van der Waals surface area (Å²) >= 11 is 0. The largest absolute Gasteiger partial charge is 0.383 e.